The van der Waals surface area contributed by atoms with Crippen molar-refractivity contribution in [3.05, 3.63) is 52.6 Å². The van der Waals surface area contributed by atoms with Gasteiger partial charge in [0.25, 0.3) is 11.0 Å². The lowest BCUT2D eigenvalue weighted by molar-refractivity contribution is 0.191. The van der Waals surface area contributed by atoms with Crippen molar-refractivity contribution in [1.82, 2.24) is 9.55 Å². The molecule has 170 valence electrons. The van der Waals surface area contributed by atoms with Gasteiger partial charge in [0.05, 0.1) is 18.9 Å². The van der Waals surface area contributed by atoms with Crippen LogP contribution >= 0.6 is 15.4 Å². The van der Waals surface area contributed by atoms with Gasteiger partial charge in [-0.1, -0.05) is 34.9 Å². The van der Waals surface area contributed by atoms with Crippen LogP contribution in [0.2, 0.25) is 0 Å². The van der Waals surface area contributed by atoms with E-state index in [1.54, 1.807) is 27.8 Å². The second-order valence-corrected chi connectivity index (χ2v) is 11.1. The Morgan fingerprint density at radius 1 is 1.10 bits per heavy atom. The minimum Gasteiger partial charge on any atom is -0.338 e. The second kappa shape index (κ2) is 12.4. The number of hydrogen-bond acceptors (Lipinski definition) is 7. The highest BCUT2D eigenvalue weighted by Crippen LogP contribution is 2.62. The van der Waals surface area contributed by atoms with E-state index in [2.05, 4.69) is 4.98 Å². The molecule has 0 amide bonds. The van der Waals surface area contributed by atoms with Gasteiger partial charge in [0, 0.05) is 38.1 Å². The molecule has 1 aromatic carbocycles. The number of ether oxygens (including phenoxy) is 1. The highest BCUT2D eigenvalue weighted by Gasteiger charge is 2.49. The molecule has 31 heavy (non-hydrogen) atoms. The summed E-state index contributed by atoms with van der Waals surface area (Å²) in [4.78, 5) is 17.1. The van der Waals surface area contributed by atoms with Crippen LogP contribution in [0, 0.1) is 0 Å². The van der Waals surface area contributed by atoms with Crippen molar-refractivity contribution >= 4 is 15.4 Å². The number of hydrogen-bond donors (Lipinski definition) is 0. The van der Waals surface area contributed by atoms with E-state index in [1.807, 2.05) is 30.3 Å². The van der Waals surface area contributed by atoms with Gasteiger partial charge in [0.1, 0.15) is 5.82 Å². The van der Waals surface area contributed by atoms with Crippen LogP contribution in [0.15, 0.2) is 41.2 Å². The number of aromatic nitrogens is 2. The van der Waals surface area contributed by atoms with Gasteiger partial charge in [-0.25, -0.2) is 4.98 Å². The molecule has 1 aromatic heterocycles. The summed E-state index contributed by atoms with van der Waals surface area (Å²) in [5, 5.41) is -0.855. The Balaban J connectivity index is 2.35. The molecule has 0 fully saturated rings. The van der Waals surface area contributed by atoms with E-state index in [0.717, 1.165) is 5.56 Å². The third-order valence-electron chi connectivity index (χ3n) is 4.66. The highest BCUT2D eigenvalue weighted by atomic mass is 31.2. The Labute approximate surface area is 184 Å². The Bertz CT molecular complexity index is 954. The van der Waals surface area contributed by atoms with E-state index in [4.69, 9.17) is 13.8 Å². The van der Waals surface area contributed by atoms with Gasteiger partial charge in [-0.05, 0) is 20.8 Å². The molecule has 0 saturated heterocycles. The number of nitrogens with zero attached hydrogens (tertiary/aromatic N) is 2. The zero-order chi connectivity index (χ0) is 22.9. The first kappa shape index (κ1) is 25.6. The van der Waals surface area contributed by atoms with E-state index >= 15 is 0 Å². The van der Waals surface area contributed by atoms with Gasteiger partial charge in [0.15, 0.2) is 0 Å². The molecule has 8 nitrogen and oxygen atoms in total. The van der Waals surface area contributed by atoms with Crippen molar-refractivity contribution < 1.29 is 22.9 Å². The van der Waals surface area contributed by atoms with Crippen molar-refractivity contribution in [2.75, 3.05) is 26.2 Å². The fourth-order valence-electron chi connectivity index (χ4n) is 3.12. The monoisotopic (exact) mass is 469 g/mol. The van der Waals surface area contributed by atoms with Crippen molar-refractivity contribution in [2.24, 2.45) is 7.05 Å². The van der Waals surface area contributed by atoms with Crippen LogP contribution in [0.25, 0.3) is 11.3 Å². The lowest BCUT2D eigenvalue weighted by Gasteiger charge is -2.20. The predicted molar refractivity (Wildman–Crippen MR) is 122 cm³/mol. The molecule has 0 aliphatic rings. The van der Waals surface area contributed by atoms with Crippen molar-refractivity contribution in [2.45, 2.75) is 39.0 Å². The first-order chi connectivity index (χ1) is 14.9. The molecule has 0 radical (unpaired) electrons. The standard InChI is InChI=1S/C21H31N2O6P2/c1-5-27-16-30(25)21(31(26,28-6-2)29-7-3)14-13-19-22-18(15-20(24)23(19)4)17-11-9-8-10-12-17/h8-12,15,21H,5-7,13-14,16H2,1-4H3/q+1. The quantitative estimate of drug-likeness (QED) is 0.389. The molecular weight excluding hydrogens is 438 g/mol. The van der Waals surface area contributed by atoms with Crippen molar-refractivity contribution in [3.63, 3.8) is 0 Å². The third-order valence-corrected chi connectivity index (χ3v) is 9.87. The fourth-order valence-corrected chi connectivity index (χ4v) is 7.52. The van der Waals surface area contributed by atoms with Crippen LogP contribution in [-0.2, 0) is 36.4 Å². The average molecular weight is 469 g/mol. The number of rotatable bonds is 13. The molecule has 0 bridgehead atoms. The van der Waals surface area contributed by atoms with Gasteiger partial charge in [-0.15, -0.1) is 0 Å². The summed E-state index contributed by atoms with van der Waals surface area (Å²) in [6, 6.07) is 10.9. The maximum Gasteiger partial charge on any atom is 0.382 e. The predicted octanol–water partition coefficient (Wildman–Crippen LogP) is 4.79. The first-order valence-corrected chi connectivity index (χ1v) is 13.5. The summed E-state index contributed by atoms with van der Waals surface area (Å²) in [7, 11) is -4.03. The smallest absolute Gasteiger partial charge is 0.338 e. The van der Waals surface area contributed by atoms with E-state index in [1.165, 1.54) is 10.6 Å². The van der Waals surface area contributed by atoms with Gasteiger partial charge in [-0.3, -0.25) is 13.9 Å². The molecule has 1 heterocycles. The maximum absolute atomic E-state index is 13.4. The van der Waals surface area contributed by atoms with Crippen LogP contribution in [0.3, 0.4) is 0 Å². The van der Waals surface area contributed by atoms with Crippen LogP contribution in [0.1, 0.15) is 33.0 Å². The van der Waals surface area contributed by atoms with Gasteiger partial charge in [0.2, 0.25) is 6.35 Å². The van der Waals surface area contributed by atoms with Crippen molar-refractivity contribution in [1.29, 1.82) is 0 Å². The van der Waals surface area contributed by atoms with Gasteiger partial charge < -0.3 is 13.8 Å². The summed E-state index contributed by atoms with van der Waals surface area (Å²) >= 11 is 0. The molecular formula is C21H31N2O6P2+. The zero-order valence-electron chi connectivity index (χ0n) is 18.5. The second-order valence-electron chi connectivity index (χ2n) is 6.75. The Morgan fingerprint density at radius 3 is 2.32 bits per heavy atom. The SMILES string of the molecule is CCOC[P+](=O)C(CCc1nc(-c2ccccc2)cc(=O)n1C)P(=O)(OCC)OCC. The largest absolute Gasteiger partial charge is 0.382 e. The number of benzene rings is 1. The van der Waals surface area contributed by atoms with Gasteiger partial charge >= 0.3 is 15.4 Å². The topological polar surface area (TPSA) is 96.7 Å². The lowest BCUT2D eigenvalue weighted by atomic mass is 10.1. The number of aryl methyl sites for hydroxylation is 1. The van der Waals surface area contributed by atoms with Crippen LogP contribution in [0.4, 0.5) is 0 Å². The normalized spacial score (nSPS) is 13.2. The molecule has 0 saturated carbocycles. The molecule has 0 aliphatic carbocycles. The molecule has 10 heteroatoms. The summed E-state index contributed by atoms with van der Waals surface area (Å²) < 4.78 is 44.1. The molecule has 2 unspecified atom stereocenters. The zero-order valence-corrected chi connectivity index (χ0v) is 20.3. The Morgan fingerprint density at radius 2 is 1.74 bits per heavy atom. The first-order valence-electron chi connectivity index (χ1n) is 10.4. The highest BCUT2D eigenvalue weighted by molar-refractivity contribution is 7.68. The molecule has 0 spiro atoms. The lowest BCUT2D eigenvalue weighted by Crippen LogP contribution is -2.23. The summed E-state index contributed by atoms with van der Waals surface area (Å²) in [6.45, 7) is 5.98. The molecule has 2 aromatic rings. The molecule has 0 N–H and O–H groups in total. The summed E-state index contributed by atoms with van der Waals surface area (Å²) in [5.41, 5.74) is 1.19. The van der Waals surface area contributed by atoms with E-state index in [-0.39, 0.29) is 38.0 Å². The summed E-state index contributed by atoms with van der Waals surface area (Å²) in [5.74, 6) is 0.510. The molecule has 2 atom stereocenters. The van der Waals surface area contributed by atoms with Crippen LogP contribution in [0.5, 0.6) is 0 Å². The van der Waals surface area contributed by atoms with Crippen LogP contribution < -0.4 is 5.56 Å². The fraction of sp³-hybridized carbons (Fsp3) is 0.524. The van der Waals surface area contributed by atoms with E-state index in [9.17, 15) is 13.9 Å². The van der Waals surface area contributed by atoms with E-state index in [0.29, 0.717) is 18.1 Å². The van der Waals surface area contributed by atoms with E-state index < -0.39 is 20.8 Å². The Hall–Kier alpha value is -1.69. The minimum atomic E-state index is -3.64. The maximum atomic E-state index is 13.4. The Kier molecular flexibility index (Phi) is 10.2. The molecule has 2 rings (SSSR count). The van der Waals surface area contributed by atoms with Crippen LogP contribution in [-0.4, -0.2) is 41.1 Å². The minimum absolute atomic E-state index is 0.0307. The molecule has 0 aliphatic heterocycles. The summed E-state index contributed by atoms with van der Waals surface area (Å²) in [6.07, 6.45) is 0.476. The van der Waals surface area contributed by atoms with Gasteiger partial charge in [-0.2, -0.15) is 0 Å². The third kappa shape index (κ3) is 6.90. The average Bonchev–Trinajstić information content (AvgIpc) is 2.76. The van der Waals surface area contributed by atoms with Crippen molar-refractivity contribution in [3.8, 4) is 11.3 Å².